The minimum Gasteiger partial charge on any atom is -0.391 e. The third-order valence-electron chi connectivity index (χ3n) is 3.90. The van der Waals surface area contributed by atoms with Crippen LogP contribution in [0.25, 0.3) is 10.8 Å². The highest BCUT2D eigenvalue weighted by Gasteiger charge is 2.35. The van der Waals surface area contributed by atoms with Gasteiger partial charge in [0.25, 0.3) is 0 Å². The molecule has 0 atom stereocenters. The molecule has 2 N–H and O–H groups in total. The summed E-state index contributed by atoms with van der Waals surface area (Å²) in [7, 11) is 0. The Morgan fingerprint density at radius 2 is 2.09 bits per heavy atom. The van der Waals surface area contributed by atoms with E-state index >= 15 is 0 Å². The number of hydrogen-bond acceptors (Lipinski definition) is 6. The van der Waals surface area contributed by atoms with Gasteiger partial charge in [0.1, 0.15) is 5.82 Å². The molecule has 1 saturated carbocycles. The fourth-order valence-electron chi connectivity index (χ4n) is 2.59. The first-order chi connectivity index (χ1) is 11.0. The second-order valence-corrected chi connectivity index (χ2v) is 6.65. The molecule has 2 heterocycles. The zero-order valence-corrected chi connectivity index (χ0v) is 13.5. The molecule has 8 heteroatoms. The number of aromatic nitrogens is 3. The largest absolute Gasteiger partial charge is 0.391 e. The van der Waals surface area contributed by atoms with E-state index in [9.17, 15) is 13.9 Å². The fraction of sp³-hybridized carbons (Fsp3) is 0.533. The van der Waals surface area contributed by atoms with Crippen molar-refractivity contribution in [1.29, 1.82) is 0 Å². The van der Waals surface area contributed by atoms with Crippen molar-refractivity contribution in [3.8, 4) is 10.8 Å². The summed E-state index contributed by atoms with van der Waals surface area (Å²) in [6.07, 6.45) is 2.07. The van der Waals surface area contributed by atoms with Crippen LogP contribution in [0.5, 0.6) is 0 Å². The molecule has 2 aromatic heterocycles. The standard InChI is InChI=1S/C15H18F2N4OS/c1-9-8-23-14(19-9)13-18-6-10(7-22)12(21-13)20-11-2-4-15(16,17)5-3-11/h6,8,11,22H,2-5,7H2,1H3,(H,18,20,21). The van der Waals surface area contributed by atoms with Crippen molar-refractivity contribution in [2.45, 2.75) is 51.2 Å². The van der Waals surface area contributed by atoms with E-state index in [0.29, 0.717) is 35.1 Å². The fourth-order valence-corrected chi connectivity index (χ4v) is 3.32. The van der Waals surface area contributed by atoms with Gasteiger partial charge in [-0.3, -0.25) is 0 Å². The molecule has 0 radical (unpaired) electrons. The zero-order chi connectivity index (χ0) is 16.4. The number of nitrogens with zero attached hydrogens (tertiary/aromatic N) is 3. The molecule has 0 aliphatic heterocycles. The topological polar surface area (TPSA) is 70.9 Å². The molecular weight excluding hydrogens is 322 g/mol. The van der Waals surface area contributed by atoms with E-state index in [4.69, 9.17) is 0 Å². The van der Waals surface area contributed by atoms with Crippen LogP contribution >= 0.6 is 11.3 Å². The molecule has 0 saturated heterocycles. The van der Waals surface area contributed by atoms with Gasteiger partial charge in [0.2, 0.25) is 5.92 Å². The predicted molar refractivity (Wildman–Crippen MR) is 84.6 cm³/mol. The normalized spacial score (nSPS) is 18.1. The van der Waals surface area contributed by atoms with Crippen LogP contribution in [0.2, 0.25) is 0 Å². The number of aliphatic hydroxyl groups excluding tert-OH is 1. The summed E-state index contributed by atoms with van der Waals surface area (Å²) in [5.41, 5.74) is 1.45. The third kappa shape index (κ3) is 3.81. The number of aliphatic hydroxyl groups is 1. The van der Waals surface area contributed by atoms with Gasteiger partial charge in [-0.05, 0) is 19.8 Å². The molecule has 3 rings (SSSR count). The Labute approximate surface area is 136 Å². The quantitative estimate of drug-likeness (QED) is 0.893. The number of anilines is 1. The van der Waals surface area contributed by atoms with Gasteiger partial charge < -0.3 is 10.4 Å². The summed E-state index contributed by atoms with van der Waals surface area (Å²) in [4.78, 5) is 13.0. The number of aryl methyl sites for hydroxylation is 1. The molecule has 1 fully saturated rings. The molecular formula is C15H18F2N4OS. The molecule has 23 heavy (non-hydrogen) atoms. The van der Waals surface area contributed by atoms with E-state index in [1.54, 1.807) is 6.20 Å². The van der Waals surface area contributed by atoms with Gasteiger partial charge in [-0.1, -0.05) is 0 Å². The lowest BCUT2D eigenvalue weighted by molar-refractivity contribution is -0.0361. The highest BCUT2D eigenvalue weighted by molar-refractivity contribution is 7.13. The molecule has 0 bridgehead atoms. The van der Waals surface area contributed by atoms with Crippen molar-refractivity contribution in [3.05, 3.63) is 22.8 Å². The molecule has 1 aliphatic rings. The lowest BCUT2D eigenvalue weighted by Gasteiger charge is -2.29. The number of nitrogens with one attached hydrogen (secondary N) is 1. The SMILES string of the molecule is Cc1csc(-c2ncc(CO)c(NC3CCC(F)(F)CC3)n2)n1. The maximum absolute atomic E-state index is 13.2. The summed E-state index contributed by atoms with van der Waals surface area (Å²) < 4.78 is 26.5. The van der Waals surface area contributed by atoms with Gasteiger partial charge in [0, 0.05) is 41.7 Å². The molecule has 0 unspecified atom stereocenters. The Morgan fingerprint density at radius 1 is 1.35 bits per heavy atom. The van der Waals surface area contributed by atoms with Crippen LogP contribution in [-0.4, -0.2) is 32.0 Å². The lowest BCUT2D eigenvalue weighted by atomic mass is 9.92. The van der Waals surface area contributed by atoms with E-state index in [-0.39, 0.29) is 25.5 Å². The van der Waals surface area contributed by atoms with Crippen LogP contribution in [0, 0.1) is 6.92 Å². The second-order valence-electron chi connectivity index (χ2n) is 5.79. The first kappa shape index (κ1) is 16.2. The Bertz CT molecular complexity index is 682. The minimum atomic E-state index is -2.56. The van der Waals surface area contributed by atoms with Gasteiger partial charge in [0.05, 0.1) is 6.61 Å². The molecule has 0 amide bonds. The monoisotopic (exact) mass is 340 g/mol. The number of thiazole rings is 1. The number of halogens is 2. The van der Waals surface area contributed by atoms with Crippen LogP contribution in [0.3, 0.4) is 0 Å². The van der Waals surface area contributed by atoms with Crippen molar-refractivity contribution >= 4 is 17.2 Å². The van der Waals surface area contributed by atoms with Crippen LogP contribution < -0.4 is 5.32 Å². The van der Waals surface area contributed by atoms with Crippen molar-refractivity contribution in [3.63, 3.8) is 0 Å². The Morgan fingerprint density at radius 3 is 2.70 bits per heavy atom. The highest BCUT2D eigenvalue weighted by atomic mass is 32.1. The molecule has 124 valence electrons. The molecule has 2 aromatic rings. The average molecular weight is 340 g/mol. The molecule has 0 aromatic carbocycles. The summed E-state index contributed by atoms with van der Waals surface area (Å²) in [6, 6.07) is -0.0688. The van der Waals surface area contributed by atoms with Gasteiger partial charge in [-0.2, -0.15) is 0 Å². The predicted octanol–water partition coefficient (Wildman–Crippen LogP) is 3.39. The summed E-state index contributed by atoms with van der Waals surface area (Å²) >= 11 is 1.45. The van der Waals surface area contributed by atoms with Crippen LogP contribution in [0.15, 0.2) is 11.6 Å². The van der Waals surface area contributed by atoms with Gasteiger partial charge in [-0.25, -0.2) is 23.7 Å². The van der Waals surface area contributed by atoms with Crippen molar-refractivity contribution < 1.29 is 13.9 Å². The van der Waals surface area contributed by atoms with Crippen molar-refractivity contribution in [2.75, 3.05) is 5.32 Å². The first-order valence-corrected chi connectivity index (χ1v) is 8.38. The van der Waals surface area contributed by atoms with Crippen LogP contribution in [0.4, 0.5) is 14.6 Å². The van der Waals surface area contributed by atoms with Gasteiger partial charge in [-0.15, -0.1) is 11.3 Å². The maximum Gasteiger partial charge on any atom is 0.248 e. The number of rotatable bonds is 4. The second kappa shape index (κ2) is 6.45. The first-order valence-electron chi connectivity index (χ1n) is 7.50. The summed E-state index contributed by atoms with van der Waals surface area (Å²) in [6.45, 7) is 1.69. The smallest absolute Gasteiger partial charge is 0.248 e. The van der Waals surface area contributed by atoms with Crippen LogP contribution in [-0.2, 0) is 6.61 Å². The van der Waals surface area contributed by atoms with Gasteiger partial charge in [0.15, 0.2) is 10.8 Å². The molecule has 5 nitrogen and oxygen atoms in total. The Hall–Kier alpha value is -1.67. The van der Waals surface area contributed by atoms with Crippen LogP contribution in [0.1, 0.15) is 36.9 Å². The molecule has 1 aliphatic carbocycles. The van der Waals surface area contributed by atoms with Crippen molar-refractivity contribution in [2.24, 2.45) is 0 Å². The zero-order valence-electron chi connectivity index (χ0n) is 12.7. The maximum atomic E-state index is 13.2. The van der Waals surface area contributed by atoms with E-state index in [1.165, 1.54) is 11.3 Å². The highest BCUT2D eigenvalue weighted by Crippen LogP contribution is 2.34. The average Bonchev–Trinajstić information content (AvgIpc) is 2.96. The number of alkyl halides is 2. The Balaban J connectivity index is 1.80. The minimum absolute atomic E-state index is 0.0688. The summed E-state index contributed by atoms with van der Waals surface area (Å²) in [5, 5.41) is 15.2. The van der Waals surface area contributed by atoms with E-state index in [1.807, 2.05) is 12.3 Å². The Kier molecular flexibility index (Phi) is 4.54. The lowest BCUT2D eigenvalue weighted by Crippen LogP contribution is -2.32. The van der Waals surface area contributed by atoms with Gasteiger partial charge >= 0.3 is 0 Å². The van der Waals surface area contributed by atoms with E-state index in [0.717, 1.165) is 5.69 Å². The summed E-state index contributed by atoms with van der Waals surface area (Å²) in [5.74, 6) is -1.59. The third-order valence-corrected chi connectivity index (χ3v) is 4.86. The van der Waals surface area contributed by atoms with Crippen molar-refractivity contribution in [1.82, 2.24) is 15.0 Å². The molecule has 0 spiro atoms. The number of hydrogen-bond donors (Lipinski definition) is 2. The van der Waals surface area contributed by atoms with E-state index < -0.39 is 5.92 Å². The van der Waals surface area contributed by atoms with E-state index in [2.05, 4.69) is 20.3 Å².